The Bertz CT molecular complexity index is 738. The topological polar surface area (TPSA) is 145 Å². The first-order chi connectivity index (χ1) is 22.5. The molecule has 0 fully saturated rings. The summed E-state index contributed by atoms with van der Waals surface area (Å²) in [7, 11) is 3.40. The van der Waals surface area contributed by atoms with Crippen molar-refractivity contribution in [3.8, 4) is 0 Å². The van der Waals surface area contributed by atoms with E-state index in [-0.39, 0.29) is 12.2 Å². The third-order valence-electron chi connectivity index (χ3n) is 9.37. The normalized spacial score (nSPS) is 12.8. The Morgan fingerprint density at radius 2 is 0.809 bits per heavy atom. The van der Waals surface area contributed by atoms with Crippen molar-refractivity contribution in [2.75, 3.05) is 40.5 Å². The summed E-state index contributed by atoms with van der Waals surface area (Å²) in [5, 5.41) is 34.0. The maximum Gasteiger partial charge on any atom is 0.341 e. The van der Waals surface area contributed by atoms with Crippen molar-refractivity contribution in [2.45, 2.75) is 180 Å². The molecule has 0 amide bonds. The second-order valence-electron chi connectivity index (χ2n) is 13.9. The van der Waals surface area contributed by atoms with Crippen molar-refractivity contribution >= 4 is 17.7 Å². The highest BCUT2D eigenvalue weighted by Crippen LogP contribution is 2.21. The summed E-state index contributed by atoms with van der Waals surface area (Å²) >= 11 is 0. The Hall–Kier alpha value is -1.39. The van der Waals surface area contributed by atoms with Gasteiger partial charge in [-0.05, 0) is 33.9 Å². The van der Waals surface area contributed by atoms with Crippen LogP contribution in [0.5, 0.6) is 0 Å². The molecular weight excluding hydrogens is 598 g/mol. The summed E-state index contributed by atoms with van der Waals surface area (Å²) in [6.45, 7) is 4.45. The second kappa shape index (κ2) is 31.9. The Balaban J connectivity index is 0. The molecule has 0 radical (unpaired) electrons. The van der Waals surface area contributed by atoms with E-state index in [9.17, 15) is 14.4 Å². The van der Waals surface area contributed by atoms with Crippen molar-refractivity contribution in [3.05, 3.63) is 0 Å². The minimum absolute atomic E-state index is 0.161. The lowest BCUT2D eigenvalue weighted by Crippen LogP contribution is -2.56. The van der Waals surface area contributed by atoms with E-state index >= 15 is 0 Å². The minimum atomic E-state index is -1.41. The molecule has 0 rings (SSSR count). The standard InChI is InChI=1S/C33H63NO4.C5H12O4/c1-6-8-10-12-14-16-18-20-22-24-26-28-30(35)33(3,34(4)5)32(37)38-31(36)29-27-25-23-21-19-17-15-13-11-9-7-2;6-1-5(2-7,3-8)4-9/h6-29H2,1-5H3;6-9H,1-4H2. The van der Waals surface area contributed by atoms with Crippen molar-refractivity contribution in [1.29, 1.82) is 0 Å². The number of rotatable bonds is 31. The first-order valence-electron chi connectivity index (χ1n) is 18.9. The van der Waals surface area contributed by atoms with Gasteiger partial charge in [-0.15, -0.1) is 0 Å². The number of nitrogens with zero attached hydrogens (tertiary/aromatic N) is 1. The summed E-state index contributed by atoms with van der Waals surface area (Å²) < 4.78 is 5.16. The lowest BCUT2D eigenvalue weighted by molar-refractivity contribution is -0.169. The fourth-order valence-electron chi connectivity index (χ4n) is 5.23. The van der Waals surface area contributed by atoms with Crippen LogP contribution in [0.4, 0.5) is 0 Å². The van der Waals surface area contributed by atoms with Crippen LogP contribution in [0.15, 0.2) is 0 Å². The zero-order chi connectivity index (χ0) is 35.8. The van der Waals surface area contributed by atoms with Crippen molar-refractivity contribution in [1.82, 2.24) is 4.90 Å². The van der Waals surface area contributed by atoms with Gasteiger partial charge in [0.05, 0.1) is 31.8 Å². The van der Waals surface area contributed by atoms with E-state index in [2.05, 4.69) is 13.8 Å². The summed E-state index contributed by atoms with van der Waals surface area (Å²) in [6, 6.07) is 0. The van der Waals surface area contributed by atoms with Crippen LogP contribution < -0.4 is 0 Å². The largest absolute Gasteiger partial charge is 0.396 e. The number of hydrogen-bond acceptors (Lipinski definition) is 9. The number of unbranched alkanes of at least 4 members (excludes halogenated alkanes) is 20. The van der Waals surface area contributed by atoms with E-state index in [0.717, 1.165) is 38.5 Å². The molecule has 0 spiro atoms. The van der Waals surface area contributed by atoms with Gasteiger partial charge in [0.25, 0.3) is 0 Å². The number of aliphatic hydroxyl groups excluding tert-OH is 4. The number of carbonyl (C=O) groups excluding carboxylic acids is 3. The SMILES string of the molecule is CCCCCCCCCCCCCC(=O)OC(=O)C(C)(C(=O)CCCCCCCCCCCCC)N(C)C.OCC(CO)(CO)CO. The van der Waals surface area contributed by atoms with Crippen LogP contribution in [0.2, 0.25) is 0 Å². The monoisotopic (exact) mass is 674 g/mol. The molecule has 0 aromatic rings. The molecule has 4 N–H and O–H groups in total. The number of Topliss-reactive ketones (excluding diaryl/α,β-unsaturated/α-hetero) is 1. The van der Waals surface area contributed by atoms with Crippen LogP contribution >= 0.6 is 0 Å². The van der Waals surface area contributed by atoms with E-state index in [1.54, 1.807) is 25.9 Å². The van der Waals surface area contributed by atoms with Crippen LogP contribution in [0, 0.1) is 5.41 Å². The summed E-state index contributed by atoms with van der Waals surface area (Å²) in [5.41, 5.74) is -2.52. The van der Waals surface area contributed by atoms with Crippen LogP contribution in [0.25, 0.3) is 0 Å². The predicted molar refractivity (Wildman–Crippen MR) is 191 cm³/mol. The van der Waals surface area contributed by atoms with Gasteiger partial charge in [0.2, 0.25) is 0 Å². The summed E-state index contributed by atoms with van der Waals surface area (Å²) in [5.74, 6) is -1.41. The molecule has 47 heavy (non-hydrogen) atoms. The second-order valence-corrected chi connectivity index (χ2v) is 13.9. The van der Waals surface area contributed by atoms with Crippen molar-refractivity contribution in [3.63, 3.8) is 0 Å². The minimum Gasteiger partial charge on any atom is -0.396 e. The quantitative estimate of drug-likeness (QED) is 0.0339. The third kappa shape index (κ3) is 23.6. The maximum absolute atomic E-state index is 13.0. The molecule has 0 aliphatic heterocycles. The number of aliphatic hydroxyl groups is 4. The Morgan fingerprint density at radius 3 is 1.09 bits per heavy atom. The molecule has 0 aromatic heterocycles. The molecule has 0 saturated carbocycles. The number of carbonyl (C=O) groups is 3. The Morgan fingerprint density at radius 1 is 0.511 bits per heavy atom. The highest BCUT2D eigenvalue weighted by atomic mass is 16.6. The first-order valence-corrected chi connectivity index (χ1v) is 18.9. The van der Waals surface area contributed by atoms with Gasteiger partial charge in [0.15, 0.2) is 11.3 Å². The molecule has 0 aromatic carbocycles. The Kier molecular flexibility index (Phi) is 32.3. The number of likely N-dealkylation sites (N-methyl/N-ethyl adjacent to an activating group) is 1. The lowest BCUT2D eigenvalue weighted by Gasteiger charge is -2.32. The van der Waals surface area contributed by atoms with Crippen LogP contribution in [0.1, 0.15) is 175 Å². The molecule has 1 unspecified atom stereocenters. The number of ketones is 1. The van der Waals surface area contributed by atoms with Gasteiger partial charge in [-0.2, -0.15) is 0 Å². The fraction of sp³-hybridized carbons (Fsp3) is 0.921. The van der Waals surface area contributed by atoms with Gasteiger partial charge >= 0.3 is 11.9 Å². The molecular formula is C38H75NO8. The van der Waals surface area contributed by atoms with Gasteiger partial charge < -0.3 is 25.2 Å². The van der Waals surface area contributed by atoms with Gasteiger partial charge in [0, 0.05) is 12.8 Å². The third-order valence-corrected chi connectivity index (χ3v) is 9.37. The van der Waals surface area contributed by atoms with Gasteiger partial charge in [-0.3, -0.25) is 14.5 Å². The average molecular weight is 674 g/mol. The molecule has 0 bridgehead atoms. The fourth-order valence-corrected chi connectivity index (χ4v) is 5.23. The number of hydrogen-bond donors (Lipinski definition) is 4. The van der Waals surface area contributed by atoms with Crippen molar-refractivity contribution < 1.29 is 39.5 Å². The molecule has 1 atom stereocenters. The van der Waals surface area contributed by atoms with E-state index < -0.39 is 49.3 Å². The highest BCUT2D eigenvalue weighted by Gasteiger charge is 2.45. The molecule has 0 aliphatic carbocycles. The lowest BCUT2D eigenvalue weighted by atomic mass is 9.91. The molecule has 0 aliphatic rings. The maximum atomic E-state index is 13.0. The van der Waals surface area contributed by atoms with Crippen LogP contribution in [0.3, 0.4) is 0 Å². The van der Waals surface area contributed by atoms with E-state index in [4.69, 9.17) is 25.2 Å². The smallest absolute Gasteiger partial charge is 0.341 e. The van der Waals surface area contributed by atoms with E-state index in [1.807, 2.05) is 0 Å². The van der Waals surface area contributed by atoms with Gasteiger partial charge in [-0.1, -0.05) is 142 Å². The Labute approximate surface area is 288 Å². The predicted octanol–water partition coefficient (Wildman–Crippen LogP) is 7.29. The average Bonchev–Trinajstić information content (AvgIpc) is 3.07. The molecule has 9 nitrogen and oxygen atoms in total. The van der Waals surface area contributed by atoms with Gasteiger partial charge in [0.1, 0.15) is 0 Å². The zero-order valence-electron chi connectivity index (χ0n) is 31.2. The van der Waals surface area contributed by atoms with E-state index in [1.165, 1.54) is 103 Å². The summed E-state index contributed by atoms with van der Waals surface area (Å²) in [6.07, 6.45) is 27.2. The molecule has 9 heteroatoms. The number of esters is 2. The van der Waals surface area contributed by atoms with E-state index in [0.29, 0.717) is 6.42 Å². The molecule has 280 valence electrons. The highest BCUT2D eigenvalue weighted by molar-refractivity contribution is 6.10. The summed E-state index contributed by atoms with van der Waals surface area (Å²) in [4.78, 5) is 39.7. The number of ether oxygens (including phenoxy) is 1. The van der Waals surface area contributed by atoms with Crippen molar-refractivity contribution in [2.24, 2.45) is 5.41 Å². The zero-order valence-corrected chi connectivity index (χ0v) is 31.2. The van der Waals surface area contributed by atoms with Crippen LogP contribution in [-0.2, 0) is 19.1 Å². The molecule has 0 saturated heterocycles. The first kappa shape index (κ1) is 47.7. The van der Waals surface area contributed by atoms with Gasteiger partial charge in [-0.25, -0.2) is 4.79 Å². The molecule has 0 heterocycles. The van der Waals surface area contributed by atoms with Crippen LogP contribution in [-0.4, -0.2) is 89.1 Å².